The van der Waals surface area contributed by atoms with E-state index in [4.69, 9.17) is 9.47 Å². The summed E-state index contributed by atoms with van der Waals surface area (Å²) in [4.78, 5) is 23.6. The van der Waals surface area contributed by atoms with Crippen LogP contribution in [-0.4, -0.2) is 31.4 Å². The molecular formula is C14H17NO4. The summed E-state index contributed by atoms with van der Waals surface area (Å²) < 4.78 is 10.7. The van der Waals surface area contributed by atoms with Crippen LogP contribution in [0.3, 0.4) is 0 Å². The van der Waals surface area contributed by atoms with Gasteiger partial charge in [-0.1, -0.05) is 13.3 Å². The van der Waals surface area contributed by atoms with Crippen molar-refractivity contribution in [3.05, 3.63) is 23.8 Å². The first-order valence-corrected chi connectivity index (χ1v) is 6.44. The number of nitrogens with one attached hydrogen (secondary N) is 1. The lowest BCUT2D eigenvalue weighted by Gasteiger charge is -2.18. The highest BCUT2D eigenvalue weighted by molar-refractivity contribution is 6.42. The van der Waals surface area contributed by atoms with Crippen LogP contribution < -0.4 is 14.8 Å². The van der Waals surface area contributed by atoms with E-state index in [1.165, 1.54) is 0 Å². The fourth-order valence-electron chi connectivity index (χ4n) is 1.77. The van der Waals surface area contributed by atoms with Gasteiger partial charge in [0.2, 0.25) is 5.78 Å². The fraction of sp³-hybridized carbons (Fsp3) is 0.429. The molecule has 0 radical (unpaired) electrons. The molecule has 0 saturated carbocycles. The number of ketones is 1. The van der Waals surface area contributed by atoms with Crippen LogP contribution in [0.2, 0.25) is 0 Å². The lowest BCUT2D eigenvalue weighted by Crippen LogP contribution is -2.31. The molecule has 102 valence electrons. The topological polar surface area (TPSA) is 64.6 Å². The van der Waals surface area contributed by atoms with E-state index in [0.29, 0.717) is 36.8 Å². The van der Waals surface area contributed by atoms with Crippen LogP contribution in [0, 0.1) is 0 Å². The van der Waals surface area contributed by atoms with Gasteiger partial charge >= 0.3 is 0 Å². The predicted molar refractivity (Wildman–Crippen MR) is 69.7 cm³/mol. The molecule has 5 heteroatoms. The Morgan fingerprint density at radius 3 is 2.68 bits per heavy atom. The molecule has 1 aromatic carbocycles. The number of fused-ring (bicyclic) bond motifs is 1. The number of rotatable bonds is 5. The van der Waals surface area contributed by atoms with Crippen molar-refractivity contribution in [2.45, 2.75) is 19.8 Å². The zero-order valence-electron chi connectivity index (χ0n) is 10.9. The highest BCUT2D eigenvalue weighted by Gasteiger charge is 2.19. The molecule has 0 spiro atoms. The molecule has 1 aliphatic rings. The summed E-state index contributed by atoms with van der Waals surface area (Å²) in [5, 5.41) is 2.60. The van der Waals surface area contributed by atoms with Crippen molar-refractivity contribution in [1.82, 2.24) is 5.32 Å². The molecule has 0 atom stereocenters. The number of ether oxygens (including phenoxy) is 2. The minimum atomic E-state index is -0.579. The molecule has 0 saturated heterocycles. The summed E-state index contributed by atoms with van der Waals surface area (Å²) in [7, 11) is 0. The average Bonchev–Trinajstić information content (AvgIpc) is 2.46. The van der Waals surface area contributed by atoms with E-state index in [2.05, 4.69) is 5.32 Å². The van der Waals surface area contributed by atoms with Gasteiger partial charge in [-0.2, -0.15) is 0 Å². The Kier molecular flexibility index (Phi) is 4.39. The number of benzene rings is 1. The quantitative estimate of drug-likeness (QED) is 0.497. The van der Waals surface area contributed by atoms with E-state index in [0.717, 1.165) is 12.8 Å². The summed E-state index contributed by atoms with van der Waals surface area (Å²) in [6.07, 6.45) is 1.83. The highest BCUT2D eigenvalue weighted by Crippen LogP contribution is 2.30. The van der Waals surface area contributed by atoms with Gasteiger partial charge < -0.3 is 14.8 Å². The van der Waals surface area contributed by atoms with Crippen molar-refractivity contribution in [2.75, 3.05) is 19.8 Å². The van der Waals surface area contributed by atoms with Crippen LogP contribution in [0.1, 0.15) is 30.1 Å². The average molecular weight is 263 g/mol. The number of hydrogen-bond acceptors (Lipinski definition) is 4. The Morgan fingerprint density at radius 2 is 1.95 bits per heavy atom. The van der Waals surface area contributed by atoms with E-state index in [9.17, 15) is 9.59 Å². The van der Waals surface area contributed by atoms with Gasteiger partial charge in [0.25, 0.3) is 5.91 Å². The summed E-state index contributed by atoms with van der Waals surface area (Å²) in [5.41, 5.74) is 0.318. The Labute approximate surface area is 111 Å². The number of carbonyl (C=O) groups excluding carboxylic acids is 2. The number of amides is 1. The number of carbonyl (C=O) groups is 2. The van der Waals surface area contributed by atoms with E-state index in [1.54, 1.807) is 18.2 Å². The number of hydrogen-bond donors (Lipinski definition) is 1. The Hall–Kier alpha value is -2.04. The molecule has 0 fully saturated rings. The molecular weight excluding hydrogens is 246 g/mol. The largest absolute Gasteiger partial charge is 0.486 e. The van der Waals surface area contributed by atoms with Gasteiger partial charge in [0.15, 0.2) is 11.5 Å². The van der Waals surface area contributed by atoms with Crippen LogP contribution in [0.4, 0.5) is 0 Å². The SMILES string of the molecule is CCCCNC(=O)C(=O)c1ccc2c(c1)OCCO2. The summed E-state index contributed by atoms with van der Waals surface area (Å²) >= 11 is 0. The number of unbranched alkanes of at least 4 members (excludes halogenated alkanes) is 1. The molecule has 0 aromatic heterocycles. The smallest absolute Gasteiger partial charge is 0.292 e. The molecule has 0 aliphatic carbocycles. The standard InChI is InChI=1S/C14H17NO4/c1-2-3-6-15-14(17)13(16)10-4-5-11-12(9-10)19-8-7-18-11/h4-5,9H,2-3,6-8H2,1H3,(H,15,17). The van der Waals surface area contributed by atoms with Crippen LogP contribution in [0.25, 0.3) is 0 Å². The van der Waals surface area contributed by atoms with Gasteiger partial charge in [-0.05, 0) is 24.6 Å². The first kappa shape index (κ1) is 13.4. The molecule has 1 amide bonds. The first-order valence-electron chi connectivity index (χ1n) is 6.44. The maximum Gasteiger partial charge on any atom is 0.292 e. The van der Waals surface area contributed by atoms with Gasteiger partial charge in [-0.15, -0.1) is 0 Å². The molecule has 5 nitrogen and oxygen atoms in total. The summed E-state index contributed by atoms with van der Waals surface area (Å²) in [6, 6.07) is 4.78. The maximum atomic E-state index is 11.9. The monoisotopic (exact) mass is 263 g/mol. The maximum absolute atomic E-state index is 11.9. The van der Waals surface area contributed by atoms with Gasteiger partial charge in [-0.3, -0.25) is 9.59 Å². The minimum Gasteiger partial charge on any atom is -0.486 e. The highest BCUT2D eigenvalue weighted by atomic mass is 16.6. The molecule has 19 heavy (non-hydrogen) atoms. The van der Waals surface area contributed by atoms with Gasteiger partial charge in [0, 0.05) is 12.1 Å². The van der Waals surface area contributed by atoms with Crippen LogP contribution in [-0.2, 0) is 4.79 Å². The normalized spacial score (nSPS) is 12.9. The second kappa shape index (κ2) is 6.22. The lowest BCUT2D eigenvalue weighted by atomic mass is 10.1. The summed E-state index contributed by atoms with van der Waals surface area (Å²) in [6.45, 7) is 3.49. The molecule has 1 aliphatic heterocycles. The zero-order chi connectivity index (χ0) is 13.7. The van der Waals surface area contributed by atoms with Gasteiger partial charge in [0.05, 0.1) is 0 Å². The Balaban J connectivity index is 2.04. The van der Waals surface area contributed by atoms with Crippen molar-refractivity contribution in [2.24, 2.45) is 0 Å². The minimum absolute atomic E-state index is 0.318. The van der Waals surface area contributed by atoms with Crippen molar-refractivity contribution in [3.63, 3.8) is 0 Å². The third kappa shape index (κ3) is 3.24. The third-order valence-corrected chi connectivity index (χ3v) is 2.83. The molecule has 1 heterocycles. The van der Waals surface area contributed by atoms with Crippen LogP contribution in [0.15, 0.2) is 18.2 Å². The van der Waals surface area contributed by atoms with Crippen LogP contribution in [0.5, 0.6) is 11.5 Å². The van der Waals surface area contributed by atoms with E-state index >= 15 is 0 Å². The van der Waals surface area contributed by atoms with E-state index < -0.39 is 11.7 Å². The second-order valence-corrected chi connectivity index (χ2v) is 4.30. The van der Waals surface area contributed by atoms with Gasteiger partial charge in [0.1, 0.15) is 13.2 Å². The fourth-order valence-corrected chi connectivity index (χ4v) is 1.77. The van der Waals surface area contributed by atoms with E-state index in [1.807, 2.05) is 6.92 Å². The van der Waals surface area contributed by atoms with E-state index in [-0.39, 0.29) is 0 Å². The van der Waals surface area contributed by atoms with Gasteiger partial charge in [-0.25, -0.2) is 0 Å². The number of Topliss-reactive ketones (excluding diaryl/α,β-unsaturated/α-hetero) is 1. The Morgan fingerprint density at radius 1 is 1.21 bits per heavy atom. The second-order valence-electron chi connectivity index (χ2n) is 4.30. The molecule has 1 N–H and O–H groups in total. The predicted octanol–water partition coefficient (Wildman–Crippen LogP) is 1.56. The molecule has 0 unspecified atom stereocenters. The first-order chi connectivity index (χ1) is 9.22. The van der Waals surface area contributed by atoms with Crippen LogP contribution >= 0.6 is 0 Å². The van der Waals surface area contributed by atoms with Crippen molar-refractivity contribution in [3.8, 4) is 11.5 Å². The van der Waals surface area contributed by atoms with Crippen molar-refractivity contribution < 1.29 is 19.1 Å². The molecule has 2 rings (SSSR count). The zero-order valence-corrected chi connectivity index (χ0v) is 10.9. The lowest BCUT2D eigenvalue weighted by molar-refractivity contribution is -0.117. The van der Waals surface area contributed by atoms with Crippen molar-refractivity contribution in [1.29, 1.82) is 0 Å². The third-order valence-electron chi connectivity index (χ3n) is 2.83. The molecule has 1 aromatic rings. The Bertz CT molecular complexity index is 484. The van der Waals surface area contributed by atoms with Crippen molar-refractivity contribution >= 4 is 11.7 Å². The molecule has 0 bridgehead atoms. The summed E-state index contributed by atoms with van der Waals surface area (Å²) in [5.74, 6) is -0.00847.